The van der Waals surface area contributed by atoms with E-state index in [0.717, 1.165) is 10.4 Å². The molecule has 0 radical (unpaired) electrons. The number of carbonyl (C=O) groups is 1. The monoisotopic (exact) mass is 313 g/mol. The molecule has 2 N–H and O–H groups in total. The third kappa shape index (κ3) is 2.95. The number of hydrogen-bond acceptors (Lipinski definition) is 5. The fourth-order valence-corrected chi connectivity index (χ4v) is 3.01. The van der Waals surface area contributed by atoms with Gasteiger partial charge < -0.3 is 9.67 Å². The van der Waals surface area contributed by atoms with Crippen molar-refractivity contribution in [2.24, 2.45) is 7.05 Å². The van der Waals surface area contributed by atoms with Crippen molar-refractivity contribution in [3.63, 3.8) is 0 Å². The highest BCUT2D eigenvalue weighted by molar-refractivity contribution is 7.89. The lowest BCUT2D eigenvalue weighted by molar-refractivity contribution is 0.0686. The van der Waals surface area contributed by atoms with Crippen LogP contribution in [0.15, 0.2) is 17.2 Å². The third-order valence-electron chi connectivity index (χ3n) is 2.91. The van der Waals surface area contributed by atoms with Gasteiger partial charge in [0.05, 0.1) is 6.54 Å². The Kier molecular flexibility index (Phi) is 3.83. The van der Waals surface area contributed by atoms with Gasteiger partial charge in [-0.15, -0.1) is 0 Å². The maximum Gasteiger partial charge on any atom is 0.352 e. The summed E-state index contributed by atoms with van der Waals surface area (Å²) in [5.41, 5.74) is -0.101. The number of carboxylic acids is 1. The minimum absolute atomic E-state index is 0.00995. The molecule has 10 heteroatoms. The summed E-state index contributed by atoms with van der Waals surface area (Å²) < 4.78 is 27.1. The van der Waals surface area contributed by atoms with Gasteiger partial charge in [0.15, 0.2) is 5.82 Å². The molecule has 114 valence electrons. The first kappa shape index (κ1) is 15.2. The molecule has 0 spiro atoms. The summed E-state index contributed by atoms with van der Waals surface area (Å²) in [5.74, 6) is -0.261. The predicted molar refractivity (Wildman–Crippen MR) is 72.1 cm³/mol. The summed E-state index contributed by atoms with van der Waals surface area (Å²) in [6, 6.07) is 1.12. The van der Waals surface area contributed by atoms with Crippen molar-refractivity contribution in [3.8, 4) is 0 Å². The van der Waals surface area contributed by atoms with Crippen LogP contribution in [0.4, 0.5) is 0 Å². The van der Waals surface area contributed by atoms with Crippen LogP contribution in [0.25, 0.3) is 0 Å². The Morgan fingerprint density at radius 1 is 1.52 bits per heavy atom. The molecule has 0 aliphatic rings. The van der Waals surface area contributed by atoms with Crippen LogP contribution in [0.1, 0.15) is 22.1 Å². The van der Waals surface area contributed by atoms with Crippen LogP contribution in [0.5, 0.6) is 0 Å². The van der Waals surface area contributed by atoms with Gasteiger partial charge in [-0.3, -0.25) is 5.10 Å². The molecular weight excluding hydrogens is 298 g/mol. The van der Waals surface area contributed by atoms with Gasteiger partial charge in [-0.2, -0.15) is 9.40 Å². The average Bonchev–Trinajstić information content (AvgIpc) is 2.95. The molecule has 9 nitrogen and oxygen atoms in total. The topological polar surface area (TPSA) is 121 Å². The van der Waals surface area contributed by atoms with Gasteiger partial charge in [-0.25, -0.2) is 18.2 Å². The van der Waals surface area contributed by atoms with Crippen LogP contribution in [0, 0.1) is 6.92 Å². The number of aromatic nitrogens is 4. The largest absolute Gasteiger partial charge is 0.477 e. The van der Waals surface area contributed by atoms with Crippen molar-refractivity contribution in [2.75, 3.05) is 7.05 Å². The summed E-state index contributed by atoms with van der Waals surface area (Å²) in [5, 5.41) is 15.5. The van der Waals surface area contributed by atoms with E-state index >= 15 is 0 Å². The van der Waals surface area contributed by atoms with E-state index in [1.54, 1.807) is 6.92 Å². The minimum Gasteiger partial charge on any atom is -0.477 e. The maximum absolute atomic E-state index is 12.4. The van der Waals surface area contributed by atoms with E-state index in [4.69, 9.17) is 5.11 Å². The molecule has 0 saturated heterocycles. The molecule has 0 saturated carbocycles. The molecule has 0 unspecified atom stereocenters. The van der Waals surface area contributed by atoms with Crippen molar-refractivity contribution >= 4 is 16.0 Å². The smallest absolute Gasteiger partial charge is 0.352 e. The van der Waals surface area contributed by atoms with Gasteiger partial charge in [-0.05, 0) is 13.0 Å². The third-order valence-corrected chi connectivity index (χ3v) is 4.68. The number of carboxylic acid groups (broad SMARTS) is 1. The zero-order valence-corrected chi connectivity index (χ0v) is 12.5. The van der Waals surface area contributed by atoms with Gasteiger partial charge in [0.2, 0.25) is 10.0 Å². The number of aromatic amines is 1. The normalized spacial score (nSPS) is 12.0. The molecule has 0 aromatic carbocycles. The van der Waals surface area contributed by atoms with Crippen LogP contribution in [0.3, 0.4) is 0 Å². The second-order valence-electron chi connectivity index (χ2n) is 4.58. The number of rotatable bonds is 5. The first-order valence-electron chi connectivity index (χ1n) is 5.95. The molecule has 2 aromatic rings. The summed E-state index contributed by atoms with van der Waals surface area (Å²) in [7, 11) is -0.951. The van der Waals surface area contributed by atoms with Gasteiger partial charge in [0.25, 0.3) is 0 Å². The van der Waals surface area contributed by atoms with E-state index in [2.05, 4.69) is 15.2 Å². The molecule has 21 heavy (non-hydrogen) atoms. The zero-order chi connectivity index (χ0) is 15.8. The first-order chi connectivity index (χ1) is 9.71. The lowest BCUT2D eigenvalue weighted by atomic mass is 10.4. The molecule has 0 bridgehead atoms. The van der Waals surface area contributed by atoms with Crippen LogP contribution < -0.4 is 0 Å². The average molecular weight is 313 g/mol. The minimum atomic E-state index is -3.81. The van der Waals surface area contributed by atoms with Crippen LogP contribution >= 0.6 is 0 Å². The lowest BCUT2D eigenvalue weighted by Crippen LogP contribution is -2.26. The maximum atomic E-state index is 12.4. The highest BCUT2D eigenvalue weighted by Gasteiger charge is 2.25. The van der Waals surface area contributed by atoms with Crippen molar-refractivity contribution in [3.05, 3.63) is 29.6 Å². The van der Waals surface area contributed by atoms with Crippen molar-refractivity contribution in [1.29, 1.82) is 0 Å². The Bertz CT molecular complexity index is 776. The number of H-pyrrole nitrogens is 1. The van der Waals surface area contributed by atoms with Gasteiger partial charge in [0, 0.05) is 20.3 Å². The van der Waals surface area contributed by atoms with Crippen molar-refractivity contribution in [2.45, 2.75) is 18.4 Å². The van der Waals surface area contributed by atoms with Gasteiger partial charge >= 0.3 is 5.97 Å². The molecule has 2 heterocycles. The van der Waals surface area contributed by atoms with E-state index in [1.807, 2.05) is 0 Å². The van der Waals surface area contributed by atoms with E-state index in [0.29, 0.717) is 11.6 Å². The van der Waals surface area contributed by atoms with E-state index in [1.165, 1.54) is 24.9 Å². The second kappa shape index (κ2) is 5.30. The second-order valence-corrected chi connectivity index (χ2v) is 6.62. The molecule has 0 aliphatic heterocycles. The molecule has 0 aliphatic carbocycles. The fraction of sp³-hybridized carbons (Fsp3) is 0.364. The summed E-state index contributed by atoms with van der Waals surface area (Å²) >= 11 is 0. The number of aryl methyl sites for hydroxylation is 2. The summed E-state index contributed by atoms with van der Waals surface area (Å²) in [6.45, 7) is 1.70. The lowest BCUT2D eigenvalue weighted by Gasteiger charge is -2.14. The Hall–Kier alpha value is -2.20. The van der Waals surface area contributed by atoms with Gasteiger partial charge in [-0.1, -0.05) is 0 Å². The fourth-order valence-electron chi connectivity index (χ4n) is 1.81. The van der Waals surface area contributed by atoms with E-state index in [9.17, 15) is 13.2 Å². The molecule has 2 aromatic heterocycles. The quantitative estimate of drug-likeness (QED) is 0.799. The SMILES string of the molecule is Cc1nc(CN(C)S(=O)(=O)c2cc(C(=O)O)n(C)c2)n[nH]1. The number of nitrogens with one attached hydrogen (secondary N) is 1. The molecule has 2 rings (SSSR count). The summed E-state index contributed by atoms with van der Waals surface area (Å²) in [4.78, 5) is 14.9. The van der Waals surface area contributed by atoms with E-state index in [-0.39, 0.29) is 17.1 Å². The van der Waals surface area contributed by atoms with Crippen molar-refractivity contribution < 1.29 is 18.3 Å². The Labute approximate surface area is 121 Å². The number of hydrogen-bond donors (Lipinski definition) is 2. The summed E-state index contributed by atoms with van der Waals surface area (Å²) in [6.07, 6.45) is 1.26. The standard InChI is InChI=1S/C11H15N5O4S/c1-7-12-10(14-13-7)6-16(3)21(19,20)8-4-9(11(17)18)15(2)5-8/h4-5H,6H2,1-3H3,(H,17,18)(H,12,13,14). The van der Waals surface area contributed by atoms with Crippen molar-refractivity contribution in [1.82, 2.24) is 24.1 Å². The molecule has 0 atom stereocenters. The number of aromatic carboxylic acids is 1. The Morgan fingerprint density at radius 2 is 2.19 bits per heavy atom. The highest BCUT2D eigenvalue weighted by atomic mass is 32.2. The van der Waals surface area contributed by atoms with Crippen LogP contribution in [0.2, 0.25) is 0 Å². The molecular formula is C11H15N5O4S. The van der Waals surface area contributed by atoms with Crippen LogP contribution in [-0.2, 0) is 23.6 Å². The van der Waals surface area contributed by atoms with E-state index < -0.39 is 16.0 Å². The Morgan fingerprint density at radius 3 is 2.67 bits per heavy atom. The predicted octanol–water partition coefficient (Wildman–Crippen LogP) is -0.0295. The first-order valence-corrected chi connectivity index (χ1v) is 7.39. The molecule has 0 fully saturated rings. The number of nitrogens with zero attached hydrogens (tertiary/aromatic N) is 4. The highest BCUT2D eigenvalue weighted by Crippen LogP contribution is 2.18. The van der Waals surface area contributed by atoms with Gasteiger partial charge in [0.1, 0.15) is 16.4 Å². The Balaban J connectivity index is 2.28. The van der Waals surface area contributed by atoms with Crippen LogP contribution in [-0.4, -0.2) is 50.6 Å². The number of sulfonamides is 1. The molecule has 0 amide bonds. The zero-order valence-electron chi connectivity index (χ0n) is 11.7.